The molecule has 0 fully saturated rings. The van der Waals surface area contributed by atoms with Crippen molar-refractivity contribution in [3.05, 3.63) is 87.6 Å². The minimum absolute atomic E-state index is 0.0595. The number of pyridine rings is 1. The van der Waals surface area contributed by atoms with Crippen molar-refractivity contribution in [2.45, 2.75) is 6.23 Å². The number of anilines is 1. The zero-order valence-corrected chi connectivity index (χ0v) is 18.1. The lowest BCUT2D eigenvalue weighted by molar-refractivity contribution is 0.126. The lowest BCUT2D eigenvalue weighted by Crippen LogP contribution is -2.36. The summed E-state index contributed by atoms with van der Waals surface area (Å²) in [6, 6.07) is 17.4. The molecule has 0 spiro atoms. The third-order valence-electron chi connectivity index (χ3n) is 4.18. The Labute approximate surface area is 190 Å². The average Bonchev–Trinajstić information content (AvgIpc) is 2.89. The van der Waals surface area contributed by atoms with Crippen LogP contribution in [0.5, 0.6) is 0 Å². The summed E-state index contributed by atoms with van der Waals surface area (Å²) >= 11 is 9.35. The summed E-state index contributed by atoms with van der Waals surface area (Å²) in [5.74, 6) is -0.0595. The second-order valence-electron chi connectivity index (χ2n) is 6.35. The van der Waals surface area contributed by atoms with Gasteiger partial charge in [-0.1, -0.05) is 39.7 Å². The molecule has 1 amide bonds. The van der Waals surface area contributed by atoms with Gasteiger partial charge in [0.2, 0.25) is 6.23 Å². The number of benzene rings is 2. The number of carbonyl (C=O) groups is 1. The second kappa shape index (κ2) is 9.25. The van der Waals surface area contributed by atoms with Crippen LogP contribution in [0.25, 0.3) is 0 Å². The van der Waals surface area contributed by atoms with Gasteiger partial charge in [0, 0.05) is 26.9 Å². The van der Waals surface area contributed by atoms with Crippen LogP contribution in [0.1, 0.15) is 11.3 Å². The summed E-state index contributed by atoms with van der Waals surface area (Å²) in [5, 5.41) is 13.6. The molecule has 2 aromatic carbocycles. The minimum atomic E-state index is -1.41. The molecule has 0 bridgehead atoms. The molecule has 0 radical (unpaired) electrons. The highest BCUT2D eigenvalue weighted by Gasteiger charge is 2.23. The van der Waals surface area contributed by atoms with Gasteiger partial charge in [-0.25, -0.2) is 14.8 Å². The largest absolute Gasteiger partial charge is 0.435 e. The molecule has 2 heterocycles. The number of aromatic nitrogens is 1. The van der Waals surface area contributed by atoms with Gasteiger partial charge < -0.3 is 9.94 Å². The van der Waals surface area contributed by atoms with Crippen LogP contribution in [0.15, 0.2) is 81.3 Å². The van der Waals surface area contributed by atoms with Crippen molar-refractivity contribution in [2.24, 2.45) is 9.98 Å². The number of aliphatic hydroxyl groups excluding tert-OH is 1. The average molecular weight is 501 g/mol. The van der Waals surface area contributed by atoms with E-state index in [2.05, 4.69) is 41.7 Å². The number of hydrogen-bond donors (Lipinski definition) is 3. The number of aliphatic imine (C=N–C) groups is 2. The molecule has 0 saturated heterocycles. The third-order valence-corrected chi connectivity index (χ3v) is 4.91. The molecule has 31 heavy (non-hydrogen) atoms. The van der Waals surface area contributed by atoms with Gasteiger partial charge in [-0.2, -0.15) is 5.48 Å². The van der Waals surface area contributed by atoms with Crippen molar-refractivity contribution in [2.75, 3.05) is 5.32 Å². The van der Waals surface area contributed by atoms with E-state index < -0.39 is 12.3 Å². The first-order valence-electron chi connectivity index (χ1n) is 9.05. The van der Waals surface area contributed by atoms with Gasteiger partial charge in [-0.3, -0.25) is 10.3 Å². The highest BCUT2D eigenvalue weighted by atomic mass is 79.9. The van der Waals surface area contributed by atoms with Crippen LogP contribution in [0.4, 0.5) is 16.2 Å². The van der Waals surface area contributed by atoms with Crippen molar-refractivity contribution < 1.29 is 14.7 Å². The Morgan fingerprint density at radius 3 is 2.77 bits per heavy atom. The number of amidine groups is 1. The Bertz CT molecular complexity index is 1190. The molecule has 10 heteroatoms. The first-order valence-corrected chi connectivity index (χ1v) is 10.2. The molecule has 3 N–H and O–H groups in total. The summed E-state index contributed by atoms with van der Waals surface area (Å²) in [6.07, 6.45) is -0.593. The van der Waals surface area contributed by atoms with Gasteiger partial charge in [0.05, 0.1) is 17.1 Å². The number of hydrogen-bond acceptors (Lipinski definition) is 7. The topological polar surface area (TPSA) is 108 Å². The van der Waals surface area contributed by atoms with E-state index in [9.17, 15) is 9.90 Å². The predicted octanol–water partition coefficient (Wildman–Crippen LogP) is 4.45. The van der Waals surface area contributed by atoms with Gasteiger partial charge >= 0.3 is 6.09 Å². The van der Waals surface area contributed by atoms with E-state index in [0.717, 1.165) is 4.47 Å². The fourth-order valence-electron chi connectivity index (χ4n) is 2.83. The van der Waals surface area contributed by atoms with Crippen LogP contribution in [-0.4, -0.2) is 34.0 Å². The van der Waals surface area contributed by atoms with Crippen LogP contribution in [-0.2, 0) is 4.84 Å². The van der Waals surface area contributed by atoms with Crippen LogP contribution in [0.3, 0.4) is 0 Å². The quantitative estimate of drug-likeness (QED) is 0.451. The van der Waals surface area contributed by atoms with Crippen molar-refractivity contribution in [3.63, 3.8) is 0 Å². The third kappa shape index (κ3) is 5.08. The van der Waals surface area contributed by atoms with Gasteiger partial charge in [0.25, 0.3) is 0 Å². The molecule has 156 valence electrons. The van der Waals surface area contributed by atoms with E-state index in [1.54, 1.807) is 54.7 Å². The summed E-state index contributed by atoms with van der Waals surface area (Å²) < 4.78 is 0.813. The zero-order valence-electron chi connectivity index (χ0n) is 15.8. The SMILES string of the molecule is O=C(Nc1cccc(Cl)c1)ONC1=Nc2ccc(Br)cc2C(c2ccccn2)=NC1O. The monoisotopic (exact) mass is 499 g/mol. The molecule has 1 aliphatic rings. The van der Waals surface area contributed by atoms with Crippen molar-refractivity contribution >= 4 is 56.5 Å². The van der Waals surface area contributed by atoms with E-state index in [0.29, 0.717) is 33.4 Å². The van der Waals surface area contributed by atoms with Crippen molar-refractivity contribution in [3.8, 4) is 0 Å². The first-order chi connectivity index (χ1) is 15.0. The van der Waals surface area contributed by atoms with E-state index >= 15 is 0 Å². The lowest BCUT2D eigenvalue weighted by Gasteiger charge is -2.12. The fraction of sp³-hybridized carbons (Fsp3) is 0.0476. The molecule has 3 aromatic rings. The smallest absolute Gasteiger partial charge is 0.365 e. The molecule has 0 saturated carbocycles. The maximum absolute atomic E-state index is 12.1. The van der Waals surface area contributed by atoms with Crippen molar-refractivity contribution in [1.29, 1.82) is 0 Å². The Balaban J connectivity index is 1.58. The minimum Gasteiger partial charge on any atom is -0.365 e. The molecular formula is C21H15BrClN5O3. The van der Waals surface area contributed by atoms with E-state index in [4.69, 9.17) is 16.4 Å². The number of halogens is 2. The van der Waals surface area contributed by atoms with Crippen LogP contribution in [0.2, 0.25) is 5.02 Å². The second-order valence-corrected chi connectivity index (χ2v) is 7.70. The number of amides is 1. The predicted molar refractivity (Wildman–Crippen MR) is 122 cm³/mol. The van der Waals surface area contributed by atoms with E-state index in [-0.39, 0.29) is 5.84 Å². The number of nitrogens with one attached hydrogen (secondary N) is 2. The van der Waals surface area contributed by atoms with Gasteiger partial charge in [-0.05, 0) is 48.5 Å². The molecule has 4 rings (SSSR count). The molecule has 0 aliphatic carbocycles. The fourth-order valence-corrected chi connectivity index (χ4v) is 3.38. The highest BCUT2D eigenvalue weighted by Crippen LogP contribution is 2.28. The maximum Gasteiger partial charge on any atom is 0.435 e. The number of nitrogens with zero attached hydrogens (tertiary/aromatic N) is 3. The van der Waals surface area contributed by atoms with Gasteiger partial charge in [0.1, 0.15) is 0 Å². The summed E-state index contributed by atoms with van der Waals surface area (Å²) in [6.45, 7) is 0. The Kier molecular flexibility index (Phi) is 6.26. The number of hydroxylamine groups is 1. The van der Waals surface area contributed by atoms with Gasteiger partial charge in [-0.15, -0.1) is 0 Å². The summed E-state index contributed by atoms with van der Waals surface area (Å²) in [7, 11) is 0. The zero-order chi connectivity index (χ0) is 21.8. The van der Waals surface area contributed by atoms with E-state index in [1.165, 1.54) is 0 Å². The van der Waals surface area contributed by atoms with Crippen LogP contribution in [0, 0.1) is 0 Å². The van der Waals surface area contributed by atoms with Crippen LogP contribution < -0.4 is 10.8 Å². The lowest BCUT2D eigenvalue weighted by atomic mass is 10.0. The molecule has 1 aliphatic heterocycles. The van der Waals surface area contributed by atoms with E-state index in [1.807, 2.05) is 12.1 Å². The molecule has 1 aromatic heterocycles. The summed E-state index contributed by atoms with van der Waals surface area (Å²) in [4.78, 5) is 30.2. The number of fused-ring (bicyclic) bond motifs is 1. The number of carbonyl (C=O) groups excluding carboxylic acids is 1. The number of rotatable bonds is 2. The first kappa shape index (κ1) is 21.0. The normalized spacial score (nSPS) is 15.1. The standard InChI is InChI=1S/C21H15BrClN5O3/c22-12-7-8-16-15(10-12)18(17-6-1-2-9-24-17)27-20(29)19(26-16)28-31-21(30)25-14-5-3-4-13(23)11-14/h1-11,20,29H,(H,25,30)(H,26,28). The Morgan fingerprint density at radius 2 is 2.00 bits per heavy atom. The molecule has 1 unspecified atom stereocenters. The maximum atomic E-state index is 12.1. The Hall–Kier alpha value is -3.27. The summed E-state index contributed by atoms with van der Waals surface area (Å²) in [5.41, 5.74) is 5.04. The highest BCUT2D eigenvalue weighted by molar-refractivity contribution is 9.10. The molecule has 1 atom stereocenters. The Morgan fingerprint density at radius 1 is 1.13 bits per heavy atom. The van der Waals surface area contributed by atoms with Crippen LogP contribution >= 0.6 is 27.5 Å². The number of aliphatic hydroxyl groups is 1. The van der Waals surface area contributed by atoms with Crippen molar-refractivity contribution in [1.82, 2.24) is 10.5 Å². The molecule has 8 nitrogen and oxygen atoms in total. The molecular weight excluding hydrogens is 486 g/mol. The van der Waals surface area contributed by atoms with Gasteiger partial charge in [0.15, 0.2) is 5.84 Å².